The van der Waals surface area contributed by atoms with Crippen LogP contribution in [-0.2, 0) is 21.7 Å². The van der Waals surface area contributed by atoms with Crippen LogP contribution in [0, 0.1) is 0 Å². The van der Waals surface area contributed by atoms with Crippen LogP contribution in [0.15, 0.2) is 42.5 Å². The molecule has 0 saturated carbocycles. The molecular weight excluding hydrogens is 462 g/mol. The summed E-state index contributed by atoms with van der Waals surface area (Å²) in [6, 6.07) is 10.8. The SMILES string of the molecule is O=C(CC1NC(=O)N(Cc2ccc3c(c2)OCO3)C1=O)N1CCC(O)(c2ccc(Cl)cc2)CC1. The summed E-state index contributed by atoms with van der Waals surface area (Å²) in [5.41, 5.74) is 0.457. The topological polar surface area (TPSA) is 108 Å². The van der Waals surface area contributed by atoms with E-state index in [9.17, 15) is 19.5 Å². The van der Waals surface area contributed by atoms with Crippen molar-refractivity contribution in [2.45, 2.75) is 37.5 Å². The van der Waals surface area contributed by atoms with E-state index in [0.29, 0.717) is 42.5 Å². The molecule has 34 heavy (non-hydrogen) atoms. The first-order chi connectivity index (χ1) is 16.3. The molecule has 10 heteroatoms. The van der Waals surface area contributed by atoms with Gasteiger partial charge in [-0.05, 0) is 48.2 Å². The molecule has 2 fully saturated rings. The number of carbonyl (C=O) groups is 3. The highest BCUT2D eigenvalue weighted by molar-refractivity contribution is 6.30. The molecule has 3 aliphatic rings. The van der Waals surface area contributed by atoms with Gasteiger partial charge in [0.25, 0.3) is 5.91 Å². The average Bonchev–Trinajstić information content (AvgIpc) is 3.39. The van der Waals surface area contributed by atoms with Crippen LogP contribution in [0.25, 0.3) is 0 Å². The Morgan fingerprint density at radius 1 is 1.09 bits per heavy atom. The van der Waals surface area contributed by atoms with Gasteiger partial charge in [0.05, 0.1) is 18.6 Å². The van der Waals surface area contributed by atoms with Gasteiger partial charge in [-0.15, -0.1) is 0 Å². The molecule has 0 aliphatic carbocycles. The molecule has 2 saturated heterocycles. The lowest BCUT2D eigenvalue weighted by Gasteiger charge is -2.38. The second kappa shape index (κ2) is 8.81. The maximum atomic E-state index is 12.9. The van der Waals surface area contributed by atoms with Crippen LogP contribution in [0.4, 0.5) is 4.79 Å². The summed E-state index contributed by atoms with van der Waals surface area (Å²) in [6.45, 7) is 0.922. The summed E-state index contributed by atoms with van der Waals surface area (Å²) >= 11 is 5.94. The Morgan fingerprint density at radius 3 is 2.53 bits per heavy atom. The van der Waals surface area contributed by atoms with E-state index in [0.717, 1.165) is 16.0 Å². The van der Waals surface area contributed by atoms with Crippen LogP contribution in [-0.4, -0.2) is 58.7 Å². The van der Waals surface area contributed by atoms with Gasteiger partial charge in [-0.2, -0.15) is 0 Å². The number of benzene rings is 2. The van der Waals surface area contributed by atoms with Crippen molar-refractivity contribution in [2.24, 2.45) is 0 Å². The zero-order valence-electron chi connectivity index (χ0n) is 18.3. The summed E-state index contributed by atoms with van der Waals surface area (Å²) < 4.78 is 10.6. The number of urea groups is 1. The molecule has 2 aromatic carbocycles. The van der Waals surface area contributed by atoms with Gasteiger partial charge < -0.3 is 24.8 Å². The lowest BCUT2D eigenvalue weighted by molar-refractivity contribution is -0.139. The Morgan fingerprint density at radius 2 is 1.79 bits per heavy atom. The molecule has 1 unspecified atom stereocenters. The zero-order chi connectivity index (χ0) is 23.9. The first kappa shape index (κ1) is 22.5. The molecule has 2 aromatic rings. The highest BCUT2D eigenvalue weighted by Crippen LogP contribution is 2.34. The van der Waals surface area contributed by atoms with Crippen LogP contribution in [0.5, 0.6) is 11.5 Å². The lowest BCUT2D eigenvalue weighted by Crippen LogP contribution is -2.47. The predicted octanol–water partition coefficient (Wildman–Crippen LogP) is 2.39. The monoisotopic (exact) mass is 485 g/mol. The number of rotatable bonds is 5. The van der Waals surface area contributed by atoms with Crippen molar-refractivity contribution in [1.29, 1.82) is 0 Å². The molecular formula is C24H24ClN3O6. The number of ether oxygens (including phenoxy) is 2. The number of piperidine rings is 1. The van der Waals surface area contributed by atoms with Crippen molar-refractivity contribution in [2.75, 3.05) is 19.9 Å². The van der Waals surface area contributed by atoms with Gasteiger partial charge in [-0.1, -0.05) is 29.8 Å². The van der Waals surface area contributed by atoms with Gasteiger partial charge in [0.1, 0.15) is 6.04 Å². The fraction of sp³-hybridized carbons (Fsp3) is 0.375. The molecule has 3 aliphatic heterocycles. The molecule has 178 valence electrons. The second-order valence-electron chi connectivity index (χ2n) is 8.74. The Bertz CT molecular complexity index is 1130. The van der Waals surface area contributed by atoms with Crippen molar-refractivity contribution in [3.63, 3.8) is 0 Å². The normalized spacial score (nSPS) is 21.1. The van der Waals surface area contributed by atoms with Crippen molar-refractivity contribution >= 4 is 29.4 Å². The minimum atomic E-state index is -1.03. The molecule has 2 N–H and O–H groups in total. The predicted molar refractivity (Wildman–Crippen MR) is 121 cm³/mol. The number of aliphatic hydroxyl groups is 1. The Labute approximate surface area is 201 Å². The maximum absolute atomic E-state index is 12.9. The Kier molecular flexibility index (Phi) is 5.83. The van der Waals surface area contributed by atoms with Crippen molar-refractivity contribution in [3.05, 3.63) is 58.6 Å². The van der Waals surface area contributed by atoms with E-state index < -0.39 is 23.6 Å². The molecule has 4 amide bonds. The smallest absolute Gasteiger partial charge is 0.325 e. The number of nitrogens with zero attached hydrogens (tertiary/aromatic N) is 2. The van der Waals surface area contributed by atoms with Gasteiger partial charge in [0.2, 0.25) is 12.7 Å². The fourth-order valence-electron chi connectivity index (χ4n) is 4.57. The average molecular weight is 486 g/mol. The third kappa shape index (κ3) is 4.28. The number of amides is 4. The molecule has 0 spiro atoms. The number of carbonyl (C=O) groups excluding carboxylic acids is 3. The van der Waals surface area contributed by atoms with Crippen LogP contribution in [0.1, 0.15) is 30.4 Å². The number of likely N-dealkylation sites (tertiary alicyclic amines) is 1. The van der Waals surface area contributed by atoms with Crippen LogP contribution >= 0.6 is 11.6 Å². The van der Waals surface area contributed by atoms with Crippen LogP contribution in [0.3, 0.4) is 0 Å². The summed E-state index contributed by atoms with van der Waals surface area (Å²) in [5.74, 6) is 0.515. The number of fused-ring (bicyclic) bond motifs is 1. The highest BCUT2D eigenvalue weighted by atomic mass is 35.5. The third-order valence-corrected chi connectivity index (χ3v) is 6.84. The van der Waals surface area contributed by atoms with Gasteiger partial charge in [-0.25, -0.2) is 4.79 Å². The van der Waals surface area contributed by atoms with E-state index in [1.807, 2.05) is 0 Å². The van der Waals surface area contributed by atoms with Crippen LogP contribution < -0.4 is 14.8 Å². The lowest BCUT2D eigenvalue weighted by atomic mass is 9.84. The Hall–Kier alpha value is -3.30. The fourth-order valence-corrected chi connectivity index (χ4v) is 4.69. The van der Waals surface area contributed by atoms with Crippen molar-refractivity contribution in [3.8, 4) is 11.5 Å². The number of imide groups is 1. The third-order valence-electron chi connectivity index (χ3n) is 6.59. The highest BCUT2D eigenvalue weighted by Gasteiger charge is 2.41. The first-order valence-electron chi connectivity index (χ1n) is 11.1. The summed E-state index contributed by atoms with van der Waals surface area (Å²) in [4.78, 5) is 40.9. The van der Waals surface area contributed by atoms with Gasteiger partial charge in [0, 0.05) is 18.1 Å². The zero-order valence-corrected chi connectivity index (χ0v) is 19.1. The quantitative estimate of drug-likeness (QED) is 0.629. The molecule has 0 radical (unpaired) electrons. The van der Waals surface area contributed by atoms with E-state index >= 15 is 0 Å². The molecule has 3 heterocycles. The summed E-state index contributed by atoms with van der Waals surface area (Å²) in [5, 5.41) is 14.2. The van der Waals surface area contributed by atoms with Gasteiger partial charge in [-0.3, -0.25) is 14.5 Å². The van der Waals surface area contributed by atoms with Gasteiger partial charge in [0.15, 0.2) is 11.5 Å². The molecule has 0 bridgehead atoms. The van der Waals surface area contributed by atoms with E-state index in [-0.39, 0.29) is 25.7 Å². The van der Waals surface area contributed by atoms with Gasteiger partial charge >= 0.3 is 6.03 Å². The molecule has 1 atom stereocenters. The summed E-state index contributed by atoms with van der Waals surface area (Å²) in [6.07, 6.45) is 0.630. The largest absolute Gasteiger partial charge is 0.454 e. The minimum Gasteiger partial charge on any atom is -0.454 e. The number of nitrogens with one attached hydrogen (secondary N) is 1. The Balaban J connectivity index is 1.17. The minimum absolute atomic E-state index is 0.0732. The standard InChI is InChI=1S/C24H24ClN3O6/c25-17-4-2-16(3-5-17)24(32)7-9-27(10-8-24)21(29)12-18-22(30)28(23(31)26-18)13-15-1-6-19-20(11-15)34-14-33-19/h1-6,11,18,32H,7-10,12-14H2,(H,26,31). The number of halogens is 1. The maximum Gasteiger partial charge on any atom is 0.325 e. The second-order valence-corrected chi connectivity index (χ2v) is 9.17. The van der Waals surface area contributed by atoms with E-state index in [1.165, 1.54) is 0 Å². The van der Waals surface area contributed by atoms with Crippen molar-refractivity contribution < 1.29 is 29.0 Å². The van der Waals surface area contributed by atoms with E-state index in [1.54, 1.807) is 47.4 Å². The number of hydrogen-bond donors (Lipinski definition) is 2. The summed E-state index contributed by atoms with van der Waals surface area (Å²) in [7, 11) is 0. The molecule has 5 rings (SSSR count). The molecule has 9 nitrogen and oxygen atoms in total. The van der Waals surface area contributed by atoms with E-state index in [2.05, 4.69) is 5.32 Å². The first-order valence-corrected chi connectivity index (χ1v) is 11.5. The van der Waals surface area contributed by atoms with Crippen LogP contribution in [0.2, 0.25) is 5.02 Å². The van der Waals surface area contributed by atoms with Crippen molar-refractivity contribution in [1.82, 2.24) is 15.1 Å². The molecule has 0 aromatic heterocycles. The number of hydrogen-bond acceptors (Lipinski definition) is 6. The van der Waals surface area contributed by atoms with E-state index in [4.69, 9.17) is 21.1 Å².